The smallest absolute Gasteiger partial charge is 0.283 e. The van der Waals surface area contributed by atoms with Crippen LogP contribution in [0, 0.1) is 10.1 Å². The molecule has 0 fully saturated rings. The first kappa shape index (κ1) is 14.3. The summed E-state index contributed by atoms with van der Waals surface area (Å²) in [5, 5.41) is 14.1. The highest BCUT2D eigenvalue weighted by Gasteiger charge is 2.14. The van der Waals surface area contributed by atoms with E-state index in [2.05, 4.69) is 21.2 Å². The molecule has 6 heteroatoms. The Bertz CT molecular complexity index is 632. The van der Waals surface area contributed by atoms with Crippen LogP contribution in [-0.2, 0) is 6.54 Å². The SMILES string of the molecule is COc1cccc(NCc2cccc([N+](=O)[O-])c2Br)c1. The van der Waals surface area contributed by atoms with Gasteiger partial charge in [0.2, 0.25) is 0 Å². The Kier molecular flexibility index (Phi) is 4.57. The van der Waals surface area contributed by atoms with Gasteiger partial charge in [-0.3, -0.25) is 10.1 Å². The molecular weight excluding hydrogens is 324 g/mol. The minimum Gasteiger partial charge on any atom is -0.497 e. The van der Waals surface area contributed by atoms with E-state index in [1.54, 1.807) is 13.2 Å². The number of nitro benzene ring substituents is 1. The molecule has 5 nitrogen and oxygen atoms in total. The molecule has 2 aromatic carbocycles. The molecule has 0 unspecified atom stereocenters. The second-order valence-corrected chi connectivity index (χ2v) is 4.89. The molecule has 0 aliphatic heterocycles. The van der Waals surface area contributed by atoms with Crippen molar-refractivity contribution in [2.75, 3.05) is 12.4 Å². The van der Waals surface area contributed by atoms with Crippen molar-refractivity contribution in [1.29, 1.82) is 0 Å². The van der Waals surface area contributed by atoms with E-state index in [0.717, 1.165) is 17.0 Å². The summed E-state index contributed by atoms with van der Waals surface area (Å²) >= 11 is 3.28. The zero-order valence-corrected chi connectivity index (χ0v) is 12.4. The first-order chi connectivity index (χ1) is 9.61. The molecule has 0 radical (unpaired) electrons. The van der Waals surface area contributed by atoms with Crippen LogP contribution in [0.1, 0.15) is 5.56 Å². The minimum absolute atomic E-state index is 0.0648. The average molecular weight is 337 g/mol. The van der Waals surface area contributed by atoms with Gasteiger partial charge >= 0.3 is 0 Å². The lowest BCUT2D eigenvalue weighted by atomic mass is 10.2. The molecule has 0 aliphatic carbocycles. The third-order valence-corrected chi connectivity index (χ3v) is 3.72. The molecule has 0 amide bonds. The Labute approximate surface area is 124 Å². The Morgan fingerprint density at radius 1 is 1.30 bits per heavy atom. The van der Waals surface area contributed by atoms with Crippen LogP contribution in [0.4, 0.5) is 11.4 Å². The van der Waals surface area contributed by atoms with Gasteiger partial charge in [-0.2, -0.15) is 0 Å². The van der Waals surface area contributed by atoms with Gasteiger partial charge in [0, 0.05) is 24.4 Å². The van der Waals surface area contributed by atoms with Gasteiger partial charge in [-0.1, -0.05) is 18.2 Å². The molecule has 0 saturated carbocycles. The zero-order valence-electron chi connectivity index (χ0n) is 10.8. The van der Waals surface area contributed by atoms with Crippen LogP contribution in [0.2, 0.25) is 0 Å². The molecule has 2 aromatic rings. The second kappa shape index (κ2) is 6.38. The molecule has 0 saturated heterocycles. The summed E-state index contributed by atoms with van der Waals surface area (Å²) in [6, 6.07) is 12.5. The van der Waals surface area contributed by atoms with E-state index in [9.17, 15) is 10.1 Å². The van der Waals surface area contributed by atoms with Crippen molar-refractivity contribution in [3.63, 3.8) is 0 Å². The fraction of sp³-hybridized carbons (Fsp3) is 0.143. The lowest BCUT2D eigenvalue weighted by Crippen LogP contribution is -2.02. The normalized spacial score (nSPS) is 10.1. The van der Waals surface area contributed by atoms with Gasteiger partial charge in [-0.25, -0.2) is 0 Å². The number of hydrogen-bond acceptors (Lipinski definition) is 4. The Morgan fingerprint density at radius 3 is 2.75 bits per heavy atom. The highest BCUT2D eigenvalue weighted by atomic mass is 79.9. The van der Waals surface area contributed by atoms with Crippen molar-refractivity contribution in [3.05, 3.63) is 62.6 Å². The Hall–Kier alpha value is -2.08. The fourth-order valence-electron chi connectivity index (χ4n) is 1.77. The van der Waals surface area contributed by atoms with Crippen LogP contribution in [0.25, 0.3) is 0 Å². The van der Waals surface area contributed by atoms with Crippen molar-refractivity contribution in [1.82, 2.24) is 0 Å². The highest BCUT2D eigenvalue weighted by Crippen LogP contribution is 2.29. The maximum absolute atomic E-state index is 10.9. The molecular formula is C14H13BrN2O3. The number of anilines is 1. The number of methoxy groups -OCH3 is 1. The predicted molar refractivity (Wildman–Crippen MR) is 81.1 cm³/mol. The zero-order chi connectivity index (χ0) is 14.5. The molecule has 0 spiro atoms. The number of halogens is 1. The monoisotopic (exact) mass is 336 g/mol. The number of ether oxygens (including phenoxy) is 1. The van der Waals surface area contributed by atoms with Crippen molar-refractivity contribution in [2.45, 2.75) is 6.54 Å². The van der Waals surface area contributed by atoms with E-state index in [4.69, 9.17) is 4.74 Å². The predicted octanol–water partition coefficient (Wildman–Crippen LogP) is 3.98. The third kappa shape index (κ3) is 3.27. The lowest BCUT2D eigenvalue weighted by molar-refractivity contribution is -0.385. The second-order valence-electron chi connectivity index (χ2n) is 4.09. The van der Waals surface area contributed by atoms with Gasteiger partial charge in [-0.05, 0) is 33.6 Å². The first-order valence-corrected chi connectivity index (χ1v) is 6.71. The molecule has 0 aromatic heterocycles. The summed E-state index contributed by atoms with van der Waals surface area (Å²) < 4.78 is 5.64. The van der Waals surface area contributed by atoms with Gasteiger partial charge < -0.3 is 10.1 Å². The van der Waals surface area contributed by atoms with E-state index in [1.807, 2.05) is 30.3 Å². The largest absolute Gasteiger partial charge is 0.497 e. The number of benzene rings is 2. The summed E-state index contributed by atoms with van der Waals surface area (Å²) in [5.41, 5.74) is 1.78. The lowest BCUT2D eigenvalue weighted by Gasteiger charge is -2.09. The number of nitrogens with one attached hydrogen (secondary N) is 1. The summed E-state index contributed by atoms with van der Waals surface area (Å²) in [5.74, 6) is 0.758. The molecule has 0 heterocycles. The number of nitro groups is 1. The molecule has 104 valence electrons. The Morgan fingerprint density at radius 2 is 2.05 bits per heavy atom. The summed E-state index contributed by atoms with van der Waals surface area (Å²) in [6.45, 7) is 0.482. The van der Waals surface area contributed by atoms with Crippen LogP contribution in [-0.4, -0.2) is 12.0 Å². The molecule has 0 aliphatic rings. The topological polar surface area (TPSA) is 64.4 Å². The van der Waals surface area contributed by atoms with Gasteiger partial charge in [-0.15, -0.1) is 0 Å². The average Bonchev–Trinajstić information content (AvgIpc) is 2.46. The van der Waals surface area contributed by atoms with Crippen LogP contribution in [0.5, 0.6) is 5.75 Å². The Balaban J connectivity index is 2.14. The highest BCUT2D eigenvalue weighted by molar-refractivity contribution is 9.10. The van der Waals surface area contributed by atoms with Crippen molar-refractivity contribution < 1.29 is 9.66 Å². The van der Waals surface area contributed by atoms with Crippen molar-refractivity contribution in [3.8, 4) is 5.75 Å². The minimum atomic E-state index is -0.404. The van der Waals surface area contributed by atoms with Gasteiger partial charge in [0.1, 0.15) is 10.2 Å². The van der Waals surface area contributed by atoms with Crippen LogP contribution < -0.4 is 10.1 Å². The van der Waals surface area contributed by atoms with E-state index in [1.165, 1.54) is 6.07 Å². The van der Waals surface area contributed by atoms with Crippen LogP contribution >= 0.6 is 15.9 Å². The van der Waals surface area contributed by atoms with E-state index in [-0.39, 0.29) is 5.69 Å². The molecule has 0 atom stereocenters. The van der Waals surface area contributed by atoms with Crippen LogP contribution in [0.15, 0.2) is 46.9 Å². The first-order valence-electron chi connectivity index (χ1n) is 5.91. The third-order valence-electron chi connectivity index (χ3n) is 2.81. The quantitative estimate of drug-likeness (QED) is 0.662. The molecule has 20 heavy (non-hydrogen) atoms. The molecule has 2 rings (SSSR count). The van der Waals surface area contributed by atoms with Gasteiger partial charge in [0.15, 0.2) is 0 Å². The van der Waals surface area contributed by atoms with E-state index >= 15 is 0 Å². The standard InChI is InChI=1S/C14H13BrN2O3/c1-20-12-6-3-5-11(8-12)16-9-10-4-2-7-13(14(10)15)17(18)19/h2-8,16H,9H2,1H3. The molecule has 1 N–H and O–H groups in total. The summed E-state index contributed by atoms with van der Waals surface area (Å²) in [7, 11) is 1.61. The summed E-state index contributed by atoms with van der Waals surface area (Å²) in [4.78, 5) is 10.5. The molecule has 0 bridgehead atoms. The maximum atomic E-state index is 10.9. The number of rotatable bonds is 5. The van der Waals surface area contributed by atoms with Crippen LogP contribution in [0.3, 0.4) is 0 Å². The van der Waals surface area contributed by atoms with Gasteiger partial charge in [0.25, 0.3) is 5.69 Å². The maximum Gasteiger partial charge on any atom is 0.283 e. The van der Waals surface area contributed by atoms with E-state index in [0.29, 0.717) is 11.0 Å². The van der Waals surface area contributed by atoms with Gasteiger partial charge in [0.05, 0.1) is 12.0 Å². The van der Waals surface area contributed by atoms with Crippen molar-refractivity contribution >= 4 is 27.3 Å². The fourth-order valence-corrected chi connectivity index (χ4v) is 2.32. The van der Waals surface area contributed by atoms with E-state index < -0.39 is 4.92 Å². The van der Waals surface area contributed by atoms with Crippen molar-refractivity contribution in [2.24, 2.45) is 0 Å². The summed E-state index contributed by atoms with van der Waals surface area (Å²) in [6.07, 6.45) is 0. The number of nitrogens with zero attached hydrogens (tertiary/aromatic N) is 1. The number of hydrogen-bond donors (Lipinski definition) is 1.